The molecule has 0 aromatic heterocycles. The van der Waals surface area contributed by atoms with Crippen LogP contribution in [0, 0.1) is 3.57 Å². The van der Waals surface area contributed by atoms with Gasteiger partial charge in [-0.2, -0.15) is 0 Å². The van der Waals surface area contributed by atoms with Crippen LogP contribution in [0.2, 0.25) is 5.02 Å². The van der Waals surface area contributed by atoms with Gasteiger partial charge < -0.3 is 4.74 Å². The molecule has 0 unspecified atom stereocenters. The van der Waals surface area contributed by atoms with Gasteiger partial charge in [0.05, 0.1) is 17.7 Å². The molecule has 0 N–H and O–H groups in total. The van der Waals surface area contributed by atoms with E-state index in [2.05, 4.69) is 22.6 Å². The number of benzene rings is 1. The van der Waals surface area contributed by atoms with Crippen molar-refractivity contribution in [3.05, 3.63) is 26.3 Å². The highest BCUT2D eigenvalue weighted by Crippen LogP contribution is 2.29. The molecule has 0 aliphatic heterocycles. The predicted molar refractivity (Wildman–Crippen MR) is 60.7 cm³/mol. The number of rotatable bonds is 2. The van der Waals surface area contributed by atoms with E-state index in [-0.39, 0.29) is 5.78 Å². The Balaban J connectivity index is 3.38. The van der Waals surface area contributed by atoms with Gasteiger partial charge in [-0.05, 0) is 41.6 Å². The van der Waals surface area contributed by atoms with Gasteiger partial charge in [0.15, 0.2) is 5.78 Å². The van der Waals surface area contributed by atoms with E-state index in [0.717, 1.165) is 3.57 Å². The molecule has 0 spiro atoms. The third kappa shape index (κ3) is 2.34. The fraction of sp³-hybridized carbons (Fsp3) is 0.222. The molecule has 0 heterocycles. The molecule has 0 saturated heterocycles. The van der Waals surface area contributed by atoms with Crippen LogP contribution in [0.5, 0.6) is 5.75 Å². The summed E-state index contributed by atoms with van der Waals surface area (Å²) in [4.78, 5) is 11.2. The lowest BCUT2D eigenvalue weighted by Crippen LogP contribution is -1.99. The average molecular weight is 311 g/mol. The summed E-state index contributed by atoms with van der Waals surface area (Å²) in [5, 5.41) is 0.441. The van der Waals surface area contributed by atoms with E-state index in [1.54, 1.807) is 12.1 Å². The summed E-state index contributed by atoms with van der Waals surface area (Å²) in [6, 6.07) is 3.52. The molecule has 70 valence electrons. The molecule has 0 atom stereocenters. The minimum absolute atomic E-state index is 0.0850. The van der Waals surface area contributed by atoms with Crippen molar-refractivity contribution in [3.8, 4) is 5.75 Å². The van der Waals surface area contributed by atoms with Gasteiger partial charge in [0.2, 0.25) is 0 Å². The van der Waals surface area contributed by atoms with E-state index < -0.39 is 0 Å². The smallest absolute Gasteiger partial charge is 0.165 e. The third-order valence-electron chi connectivity index (χ3n) is 1.59. The number of hydrogen-bond acceptors (Lipinski definition) is 2. The molecule has 0 bridgehead atoms. The zero-order chi connectivity index (χ0) is 10.0. The van der Waals surface area contributed by atoms with Crippen molar-refractivity contribution in [2.45, 2.75) is 6.92 Å². The van der Waals surface area contributed by atoms with Crippen LogP contribution in [-0.4, -0.2) is 12.9 Å². The van der Waals surface area contributed by atoms with Crippen LogP contribution in [0.3, 0.4) is 0 Å². The van der Waals surface area contributed by atoms with Crippen LogP contribution in [0.1, 0.15) is 17.3 Å². The molecule has 2 nitrogen and oxygen atoms in total. The molecular formula is C9H8ClIO2. The molecule has 4 heteroatoms. The van der Waals surface area contributed by atoms with Crippen LogP contribution in [-0.2, 0) is 0 Å². The number of Topliss-reactive ketones (excluding diaryl/α,β-unsaturated/α-hetero) is 1. The van der Waals surface area contributed by atoms with Gasteiger partial charge in [-0.15, -0.1) is 0 Å². The third-order valence-corrected chi connectivity index (χ3v) is 2.51. The number of ketones is 1. The van der Waals surface area contributed by atoms with Crippen LogP contribution in [0.15, 0.2) is 12.1 Å². The Hall–Kier alpha value is -0.290. The number of ether oxygens (including phenoxy) is 1. The highest BCUT2D eigenvalue weighted by atomic mass is 127. The van der Waals surface area contributed by atoms with E-state index in [9.17, 15) is 4.79 Å². The van der Waals surface area contributed by atoms with Gasteiger partial charge in [0.25, 0.3) is 0 Å². The Kier molecular flexibility index (Phi) is 3.55. The lowest BCUT2D eigenvalue weighted by atomic mass is 10.1. The lowest BCUT2D eigenvalue weighted by Gasteiger charge is -2.07. The van der Waals surface area contributed by atoms with Crippen LogP contribution >= 0.6 is 34.2 Å². The first-order chi connectivity index (χ1) is 6.06. The van der Waals surface area contributed by atoms with Gasteiger partial charge in [0, 0.05) is 3.57 Å². The largest absolute Gasteiger partial charge is 0.496 e. The van der Waals surface area contributed by atoms with Gasteiger partial charge in [0.1, 0.15) is 5.75 Å². The van der Waals surface area contributed by atoms with E-state index >= 15 is 0 Å². The molecule has 0 aliphatic carbocycles. The second kappa shape index (κ2) is 4.28. The Labute approximate surface area is 95.4 Å². The first kappa shape index (κ1) is 10.8. The average Bonchev–Trinajstić information content (AvgIpc) is 2.01. The molecule has 13 heavy (non-hydrogen) atoms. The van der Waals surface area contributed by atoms with Crippen molar-refractivity contribution in [2.75, 3.05) is 7.11 Å². The Bertz CT molecular complexity index is 350. The molecule has 1 rings (SSSR count). The Morgan fingerprint density at radius 2 is 2.15 bits per heavy atom. The standard InChI is InChI=1S/C9H8ClIO2/c1-5(12)9-7(10)3-6(11)4-8(9)13-2/h3-4H,1-2H3. The molecule has 0 radical (unpaired) electrons. The molecule has 0 fully saturated rings. The summed E-state index contributed by atoms with van der Waals surface area (Å²) in [7, 11) is 1.52. The van der Waals surface area contributed by atoms with Crippen molar-refractivity contribution in [2.24, 2.45) is 0 Å². The van der Waals surface area contributed by atoms with Crippen molar-refractivity contribution in [3.63, 3.8) is 0 Å². The zero-order valence-electron chi connectivity index (χ0n) is 7.23. The summed E-state index contributed by atoms with van der Waals surface area (Å²) in [5.41, 5.74) is 0.449. The van der Waals surface area contributed by atoms with Gasteiger partial charge in [-0.3, -0.25) is 4.79 Å². The maximum absolute atomic E-state index is 11.2. The Morgan fingerprint density at radius 1 is 1.54 bits per heavy atom. The molecule has 0 saturated carbocycles. The number of methoxy groups -OCH3 is 1. The van der Waals surface area contributed by atoms with Crippen LogP contribution < -0.4 is 4.74 Å². The zero-order valence-corrected chi connectivity index (χ0v) is 10.1. The molecule has 1 aromatic carbocycles. The number of carbonyl (C=O) groups is 1. The lowest BCUT2D eigenvalue weighted by molar-refractivity contribution is 0.101. The summed E-state index contributed by atoms with van der Waals surface area (Å²) < 4.78 is 6.01. The maximum Gasteiger partial charge on any atom is 0.165 e. The van der Waals surface area contributed by atoms with E-state index in [1.807, 2.05) is 0 Å². The number of carbonyl (C=O) groups excluding carboxylic acids is 1. The quantitative estimate of drug-likeness (QED) is 0.619. The molecule has 1 aromatic rings. The van der Waals surface area contributed by atoms with Crippen molar-refractivity contribution < 1.29 is 9.53 Å². The highest BCUT2D eigenvalue weighted by molar-refractivity contribution is 14.1. The number of halogens is 2. The van der Waals surface area contributed by atoms with Crippen molar-refractivity contribution >= 4 is 40.0 Å². The molecular weight excluding hydrogens is 302 g/mol. The second-order valence-electron chi connectivity index (χ2n) is 2.52. The van der Waals surface area contributed by atoms with E-state index in [4.69, 9.17) is 16.3 Å². The fourth-order valence-corrected chi connectivity index (χ4v) is 2.17. The van der Waals surface area contributed by atoms with Crippen LogP contribution in [0.25, 0.3) is 0 Å². The summed E-state index contributed by atoms with van der Waals surface area (Å²) in [6.07, 6.45) is 0. The Morgan fingerprint density at radius 3 is 2.62 bits per heavy atom. The van der Waals surface area contributed by atoms with Gasteiger partial charge >= 0.3 is 0 Å². The van der Waals surface area contributed by atoms with Crippen molar-refractivity contribution in [1.82, 2.24) is 0 Å². The fourth-order valence-electron chi connectivity index (χ4n) is 1.05. The van der Waals surface area contributed by atoms with Crippen molar-refractivity contribution in [1.29, 1.82) is 0 Å². The topological polar surface area (TPSA) is 26.3 Å². The van der Waals surface area contributed by atoms with E-state index in [0.29, 0.717) is 16.3 Å². The first-order valence-electron chi connectivity index (χ1n) is 3.60. The summed E-state index contributed by atoms with van der Waals surface area (Å²) in [5.74, 6) is 0.447. The minimum Gasteiger partial charge on any atom is -0.496 e. The first-order valence-corrected chi connectivity index (χ1v) is 5.06. The van der Waals surface area contributed by atoms with Gasteiger partial charge in [-0.25, -0.2) is 0 Å². The van der Waals surface area contributed by atoms with Gasteiger partial charge in [-0.1, -0.05) is 11.6 Å². The predicted octanol–water partition coefficient (Wildman–Crippen LogP) is 3.16. The molecule has 0 aliphatic rings. The summed E-state index contributed by atoms with van der Waals surface area (Å²) >= 11 is 8.02. The summed E-state index contributed by atoms with van der Waals surface area (Å²) in [6.45, 7) is 1.47. The van der Waals surface area contributed by atoms with Crippen LogP contribution in [0.4, 0.5) is 0 Å². The minimum atomic E-state index is -0.0850. The van der Waals surface area contributed by atoms with E-state index in [1.165, 1.54) is 14.0 Å². The normalized spacial score (nSPS) is 9.85. The highest BCUT2D eigenvalue weighted by Gasteiger charge is 2.13. The number of hydrogen-bond donors (Lipinski definition) is 0. The SMILES string of the molecule is COc1cc(I)cc(Cl)c1C(C)=O. The monoisotopic (exact) mass is 310 g/mol. The maximum atomic E-state index is 11.2. The molecule has 0 amide bonds. The second-order valence-corrected chi connectivity index (χ2v) is 4.17.